The molecule has 5 heteroatoms. The lowest BCUT2D eigenvalue weighted by Crippen LogP contribution is -2.30. The highest BCUT2D eigenvalue weighted by atomic mass is 79.9. The van der Waals surface area contributed by atoms with Crippen molar-refractivity contribution in [2.75, 3.05) is 12.4 Å². The summed E-state index contributed by atoms with van der Waals surface area (Å²) in [6.07, 6.45) is 3.19. The highest BCUT2D eigenvalue weighted by Crippen LogP contribution is 2.24. The van der Waals surface area contributed by atoms with Crippen molar-refractivity contribution >= 4 is 27.5 Å². The number of rotatable bonds is 9. The lowest BCUT2D eigenvalue weighted by molar-refractivity contribution is 0.309. The molecule has 0 amide bonds. The van der Waals surface area contributed by atoms with Crippen LogP contribution in [-0.2, 0) is 19.5 Å². The molecule has 0 aliphatic carbocycles. The third kappa shape index (κ3) is 5.05. The average molecular weight is 365 g/mol. The first-order valence-corrected chi connectivity index (χ1v) is 8.78. The Bertz CT molecular complexity index is 415. The van der Waals surface area contributed by atoms with Crippen molar-refractivity contribution in [2.45, 2.75) is 60.0 Å². The second-order valence-corrected chi connectivity index (χ2v) is 7.11. The van der Waals surface area contributed by atoms with Gasteiger partial charge in [0.25, 0.3) is 0 Å². The number of hydrogen-bond donors (Lipinski definition) is 1. The second-order valence-electron chi connectivity index (χ2n) is 5.94. The van der Waals surface area contributed by atoms with Crippen molar-refractivity contribution in [3.8, 4) is 0 Å². The minimum Gasteiger partial charge on any atom is -0.311 e. The predicted molar refractivity (Wildman–Crippen MR) is 90.4 cm³/mol. The molecule has 1 rings (SSSR count). The SMILES string of the molecule is CCc1nn(CC)c(CNCC(C)(C)CCCCl)c1Br. The van der Waals surface area contributed by atoms with Crippen molar-refractivity contribution in [1.82, 2.24) is 15.1 Å². The quantitative estimate of drug-likeness (QED) is 0.660. The van der Waals surface area contributed by atoms with Gasteiger partial charge >= 0.3 is 0 Å². The van der Waals surface area contributed by atoms with Crippen LogP contribution in [0.15, 0.2) is 4.47 Å². The Balaban J connectivity index is 2.59. The van der Waals surface area contributed by atoms with Crippen molar-refractivity contribution in [2.24, 2.45) is 5.41 Å². The van der Waals surface area contributed by atoms with Gasteiger partial charge in [0, 0.05) is 25.5 Å². The van der Waals surface area contributed by atoms with Gasteiger partial charge < -0.3 is 5.32 Å². The standard InChI is InChI=1S/C15H27BrClN3/c1-5-12-14(16)13(20(6-2)19-12)10-18-11-15(3,4)8-7-9-17/h18H,5-11H2,1-4H3. The fraction of sp³-hybridized carbons (Fsp3) is 0.800. The molecule has 0 radical (unpaired) electrons. The van der Waals surface area contributed by atoms with Gasteiger partial charge in [-0.2, -0.15) is 5.10 Å². The third-order valence-corrected chi connectivity index (χ3v) is 4.76. The first-order chi connectivity index (χ1) is 9.45. The van der Waals surface area contributed by atoms with E-state index in [9.17, 15) is 0 Å². The number of nitrogens with zero attached hydrogens (tertiary/aromatic N) is 2. The van der Waals surface area contributed by atoms with Crippen LogP contribution in [0.3, 0.4) is 0 Å². The lowest BCUT2D eigenvalue weighted by atomic mass is 9.88. The molecular formula is C15H27BrClN3. The Labute approximate surface area is 136 Å². The molecule has 1 N–H and O–H groups in total. The van der Waals surface area contributed by atoms with E-state index in [0.717, 1.165) is 54.9 Å². The highest BCUT2D eigenvalue weighted by Gasteiger charge is 2.18. The molecule has 1 aromatic heterocycles. The molecule has 3 nitrogen and oxygen atoms in total. The maximum Gasteiger partial charge on any atom is 0.0767 e. The summed E-state index contributed by atoms with van der Waals surface area (Å²) >= 11 is 9.46. The topological polar surface area (TPSA) is 29.9 Å². The monoisotopic (exact) mass is 363 g/mol. The molecule has 0 bridgehead atoms. The lowest BCUT2D eigenvalue weighted by Gasteiger charge is -2.24. The van der Waals surface area contributed by atoms with E-state index >= 15 is 0 Å². The number of aromatic nitrogens is 2. The van der Waals surface area contributed by atoms with Gasteiger partial charge in [0.2, 0.25) is 0 Å². The Morgan fingerprint density at radius 1 is 1.35 bits per heavy atom. The first kappa shape index (κ1) is 18.0. The van der Waals surface area contributed by atoms with Gasteiger partial charge in [-0.3, -0.25) is 4.68 Å². The molecule has 1 aromatic rings. The Kier molecular flexibility index (Phi) is 7.56. The van der Waals surface area contributed by atoms with Gasteiger partial charge in [-0.05, 0) is 47.5 Å². The zero-order valence-corrected chi connectivity index (χ0v) is 15.4. The van der Waals surface area contributed by atoms with Gasteiger partial charge in [0.1, 0.15) is 0 Å². The van der Waals surface area contributed by atoms with E-state index in [2.05, 4.69) is 58.7 Å². The van der Waals surface area contributed by atoms with Crippen molar-refractivity contribution in [3.05, 3.63) is 15.9 Å². The molecule has 0 saturated heterocycles. The number of nitrogens with one attached hydrogen (secondary N) is 1. The summed E-state index contributed by atoms with van der Waals surface area (Å²) in [5.74, 6) is 0.747. The minimum atomic E-state index is 0.284. The van der Waals surface area contributed by atoms with Crippen LogP contribution in [0.5, 0.6) is 0 Å². The van der Waals surface area contributed by atoms with Crippen LogP contribution in [0.2, 0.25) is 0 Å². The summed E-state index contributed by atoms with van der Waals surface area (Å²) in [5.41, 5.74) is 2.67. The van der Waals surface area contributed by atoms with Gasteiger partial charge in [0.05, 0.1) is 15.9 Å². The third-order valence-electron chi connectivity index (χ3n) is 3.58. The molecule has 116 valence electrons. The molecule has 1 heterocycles. The zero-order valence-electron chi connectivity index (χ0n) is 13.1. The zero-order chi connectivity index (χ0) is 15.2. The average Bonchev–Trinajstić information content (AvgIpc) is 2.73. The molecule has 0 aliphatic heterocycles. The van der Waals surface area contributed by atoms with Crippen molar-refractivity contribution in [1.29, 1.82) is 0 Å². The maximum atomic E-state index is 5.78. The summed E-state index contributed by atoms with van der Waals surface area (Å²) in [4.78, 5) is 0. The molecule has 0 aromatic carbocycles. The van der Waals surface area contributed by atoms with Gasteiger partial charge in [-0.15, -0.1) is 11.6 Å². The van der Waals surface area contributed by atoms with E-state index in [1.165, 1.54) is 5.69 Å². The van der Waals surface area contributed by atoms with Crippen LogP contribution in [-0.4, -0.2) is 22.2 Å². The van der Waals surface area contributed by atoms with E-state index in [-0.39, 0.29) is 5.41 Å². The second kappa shape index (κ2) is 8.40. The van der Waals surface area contributed by atoms with E-state index in [1.807, 2.05) is 0 Å². The van der Waals surface area contributed by atoms with Crippen LogP contribution in [0.4, 0.5) is 0 Å². The van der Waals surface area contributed by atoms with Crippen molar-refractivity contribution < 1.29 is 0 Å². The molecule has 0 saturated carbocycles. The molecule has 0 atom stereocenters. The predicted octanol–water partition coefficient (Wildman–Crippen LogP) is 4.36. The Morgan fingerprint density at radius 2 is 2.05 bits per heavy atom. The summed E-state index contributed by atoms with van der Waals surface area (Å²) in [7, 11) is 0. The minimum absolute atomic E-state index is 0.284. The van der Waals surface area contributed by atoms with E-state index in [0.29, 0.717) is 0 Å². The summed E-state index contributed by atoms with van der Waals surface area (Å²) in [6, 6.07) is 0. The smallest absolute Gasteiger partial charge is 0.0767 e. The molecule has 20 heavy (non-hydrogen) atoms. The molecule has 0 unspecified atom stereocenters. The fourth-order valence-electron chi connectivity index (χ4n) is 2.34. The Hall–Kier alpha value is -0.0600. The number of halogens is 2. The summed E-state index contributed by atoms with van der Waals surface area (Å²) in [6.45, 7) is 11.6. The van der Waals surface area contributed by atoms with Crippen LogP contribution in [0, 0.1) is 5.41 Å². The first-order valence-electron chi connectivity index (χ1n) is 7.46. The number of hydrogen-bond acceptors (Lipinski definition) is 2. The fourth-order valence-corrected chi connectivity index (χ4v) is 3.18. The number of aryl methyl sites for hydroxylation is 2. The van der Waals surface area contributed by atoms with Crippen molar-refractivity contribution in [3.63, 3.8) is 0 Å². The maximum absolute atomic E-state index is 5.78. The normalized spacial score (nSPS) is 12.1. The molecule has 0 fully saturated rings. The van der Waals surface area contributed by atoms with Gasteiger partial charge in [0.15, 0.2) is 0 Å². The van der Waals surface area contributed by atoms with Gasteiger partial charge in [-0.1, -0.05) is 20.8 Å². The molecule has 0 spiro atoms. The van der Waals surface area contributed by atoms with Crippen LogP contribution < -0.4 is 5.32 Å². The molecular weight excluding hydrogens is 338 g/mol. The van der Waals surface area contributed by atoms with E-state index in [1.54, 1.807) is 0 Å². The largest absolute Gasteiger partial charge is 0.311 e. The van der Waals surface area contributed by atoms with Crippen LogP contribution in [0.25, 0.3) is 0 Å². The van der Waals surface area contributed by atoms with E-state index in [4.69, 9.17) is 11.6 Å². The van der Waals surface area contributed by atoms with Gasteiger partial charge in [-0.25, -0.2) is 0 Å². The highest BCUT2D eigenvalue weighted by molar-refractivity contribution is 9.10. The van der Waals surface area contributed by atoms with Crippen LogP contribution >= 0.6 is 27.5 Å². The Morgan fingerprint density at radius 3 is 2.60 bits per heavy atom. The van der Waals surface area contributed by atoms with Crippen LogP contribution in [0.1, 0.15) is 51.9 Å². The summed E-state index contributed by atoms with van der Waals surface area (Å²) < 4.78 is 3.25. The molecule has 0 aliphatic rings. The number of alkyl halides is 1. The summed E-state index contributed by atoms with van der Waals surface area (Å²) in [5, 5.41) is 8.19. The van der Waals surface area contributed by atoms with E-state index < -0.39 is 0 Å².